The van der Waals surface area contributed by atoms with Gasteiger partial charge in [0.25, 0.3) is 0 Å². The van der Waals surface area contributed by atoms with E-state index in [1.165, 1.54) is 0 Å². The van der Waals surface area contributed by atoms with E-state index >= 15 is 0 Å². The van der Waals surface area contributed by atoms with Crippen LogP contribution < -0.4 is 5.46 Å². The Hall–Kier alpha value is -3.86. The molecule has 0 radical (unpaired) electrons. The molecule has 0 aliphatic rings. The Kier molecular flexibility index (Phi) is 4.35. The minimum atomic E-state index is -1.53. The summed E-state index contributed by atoms with van der Waals surface area (Å²) in [5.41, 5.74) is 6.17. The van der Waals surface area contributed by atoms with Gasteiger partial charge in [0.15, 0.2) is 0 Å². The predicted octanol–water partition coefficient (Wildman–Crippen LogP) is 5.75. The first-order valence-electron chi connectivity index (χ1n) is 10.6. The zero-order valence-electron chi connectivity index (χ0n) is 17.2. The van der Waals surface area contributed by atoms with Gasteiger partial charge in [0.05, 0.1) is 0 Å². The van der Waals surface area contributed by atoms with Crippen molar-refractivity contribution in [2.24, 2.45) is 0 Å². The number of hydrogen-bond acceptors (Lipinski definition) is 3. The largest absolute Gasteiger partial charge is 0.488 e. The van der Waals surface area contributed by atoms with Gasteiger partial charge in [0.2, 0.25) is 0 Å². The van der Waals surface area contributed by atoms with Crippen LogP contribution in [0.2, 0.25) is 0 Å². The molecule has 32 heavy (non-hydrogen) atoms. The average molecular weight is 414 g/mol. The summed E-state index contributed by atoms with van der Waals surface area (Å²) in [6.45, 7) is 0. The van der Waals surface area contributed by atoms with Gasteiger partial charge in [0.1, 0.15) is 11.2 Å². The highest BCUT2D eigenvalue weighted by molar-refractivity contribution is 6.58. The molecule has 0 unspecified atom stereocenters. The van der Waals surface area contributed by atoms with Gasteiger partial charge in [-0.2, -0.15) is 0 Å². The van der Waals surface area contributed by atoms with Crippen molar-refractivity contribution < 1.29 is 14.5 Å². The molecular formula is C28H19BO3. The fraction of sp³-hybridized carbons (Fsp3) is 0. The first kappa shape index (κ1) is 18.9. The van der Waals surface area contributed by atoms with Crippen LogP contribution in [0.3, 0.4) is 0 Å². The highest BCUT2D eigenvalue weighted by Crippen LogP contribution is 2.38. The van der Waals surface area contributed by atoms with Gasteiger partial charge in [-0.25, -0.2) is 0 Å². The number of para-hydroxylation sites is 1. The van der Waals surface area contributed by atoms with Gasteiger partial charge in [-0.05, 0) is 56.7 Å². The quantitative estimate of drug-likeness (QED) is 0.363. The maximum atomic E-state index is 9.83. The molecule has 2 N–H and O–H groups in total. The van der Waals surface area contributed by atoms with Crippen LogP contribution in [0.5, 0.6) is 0 Å². The van der Waals surface area contributed by atoms with E-state index in [9.17, 15) is 10.0 Å². The molecule has 0 amide bonds. The van der Waals surface area contributed by atoms with Crippen LogP contribution in [0.25, 0.3) is 55.0 Å². The monoisotopic (exact) mass is 414 g/mol. The minimum absolute atomic E-state index is 0.460. The SMILES string of the molecule is OB(O)c1ccc(-c2ccc3c(c2)oc2ccccc23)c(-c2cccc3ccccc23)c1. The summed E-state index contributed by atoms with van der Waals surface area (Å²) in [6, 6.07) is 34.3. The Balaban J connectivity index is 1.62. The first-order chi connectivity index (χ1) is 15.7. The maximum absolute atomic E-state index is 9.83. The molecule has 6 rings (SSSR count). The Morgan fingerprint density at radius 3 is 2.16 bits per heavy atom. The second kappa shape index (κ2) is 7.38. The van der Waals surface area contributed by atoms with E-state index in [2.05, 4.69) is 48.5 Å². The summed E-state index contributed by atoms with van der Waals surface area (Å²) in [5, 5.41) is 24.1. The highest BCUT2D eigenvalue weighted by Gasteiger charge is 2.17. The summed E-state index contributed by atoms with van der Waals surface area (Å²) in [6.07, 6.45) is 0. The summed E-state index contributed by atoms with van der Waals surface area (Å²) in [5.74, 6) is 0. The molecule has 5 aromatic carbocycles. The Labute approximate surface area is 185 Å². The van der Waals surface area contributed by atoms with Crippen molar-refractivity contribution in [3.63, 3.8) is 0 Å². The third-order valence-corrected chi connectivity index (χ3v) is 6.11. The fourth-order valence-electron chi connectivity index (χ4n) is 4.55. The number of rotatable bonds is 3. The Morgan fingerprint density at radius 1 is 0.531 bits per heavy atom. The summed E-state index contributed by atoms with van der Waals surface area (Å²) in [7, 11) is -1.53. The van der Waals surface area contributed by atoms with Crippen molar-refractivity contribution in [1.29, 1.82) is 0 Å². The highest BCUT2D eigenvalue weighted by atomic mass is 16.4. The lowest BCUT2D eigenvalue weighted by molar-refractivity contribution is 0.426. The normalized spacial score (nSPS) is 11.4. The van der Waals surface area contributed by atoms with E-state index in [4.69, 9.17) is 4.42 Å². The van der Waals surface area contributed by atoms with Crippen LogP contribution in [0.4, 0.5) is 0 Å². The molecule has 0 spiro atoms. The summed E-state index contributed by atoms with van der Waals surface area (Å²) < 4.78 is 6.11. The zero-order chi connectivity index (χ0) is 21.7. The van der Waals surface area contributed by atoms with E-state index in [1.807, 2.05) is 48.5 Å². The Bertz CT molecular complexity index is 1610. The van der Waals surface area contributed by atoms with Crippen LogP contribution in [-0.2, 0) is 0 Å². The molecule has 152 valence electrons. The second-order valence-corrected chi connectivity index (χ2v) is 8.01. The fourth-order valence-corrected chi connectivity index (χ4v) is 4.55. The van der Waals surface area contributed by atoms with E-state index in [0.717, 1.165) is 55.0 Å². The lowest BCUT2D eigenvalue weighted by Gasteiger charge is -2.15. The smallest absolute Gasteiger partial charge is 0.456 e. The molecule has 0 aliphatic carbocycles. The molecule has 0 saturated heterocycles. The predicted molar refractivity (Wildman–Crippen MR) is 132 cm³/mol. The van der Waals surface area contributed by atoms with Gasteiger partial charge in [-0.15, -0.1) is 0 Å². The van der Waals surface area contributed by atoms with Gasteiger partial charge in [-0.1, -0.05) is 84.9 Å². The lowest BCUT2D eigenvalue weighted by atomic mass is 9.77. The topological polar surface area (TPSA) is 53.6 Å². The first-order valence-corrected chi connectivity index (χ1v) is 10.6. The van der Waals surface area contributed by atoms with Gasteiger partial charge >= 0.3 is 7.12 Å². The van der Waals surface area contributed by atoms with Crippen molar-refractivity contribution in [2.75, 3.05) is 0 Å². The zero-order valence-corrected chi connectivity index (χ0v) is 17.2. The molecule has 0 aliphatic heterocycles. The van der Waals surface area contributed by atoms with Gasteiger partial charge in [0, 0.05) is 10.8 Å². The van der Waals surface area contributed by atoms with Crippen LogP contribution >= 0.6 is 0 Å². The van der Waals surface area contributed by atoms with Crippen molar-refractivity contribution in [1.82, 2.24) is 0 Å². The van der Waals surface area contributed by atoms with Crippen molar-refractivity contribution in [3.8, 4) is 22.3 Å². The number of fused-ring (bicyclic) bond motifs is 4. The van der Waals surface area contributed by atoms with Crippen molar-refractivity contribution in [3.05, 3.63) is 103 Å². The number of furan rings is 1. The van der Waals surface area contributed by atoms with E-state index in [-0.39, 0.29) is 0 Å². The molecule has 0 bridgehead atoms. The van der Waals surface area contributed by atoms with Gasteiger partial charge < -0.3 is 14.5 Å². The molecule has 0 saturated carbocycles. The molecular weight excluding hydrogens is 395 g/mol. The minimum Gasteiger partial charge on any atom is -0.456 e. The standard InChI is InChI=1S/C28H19BO3/c30-29(31)20-13-15-22(26(17-20)23-10-5-7-18-6-1-2-8-21(18)23)19-12-14-25-24-9-3-4-11-27(24)32-28(25)16-19/h1-17,30-31H. The van der Waals surface area contributed by atoms with E-state index in [0.29, 0.717) is 5.46 Å². The third-order valence-electron chi connectivity index (χ3n) is 6.11. The molecule has 6 aromatic rings. The number of benzene rings is 5. The molecule has 1 aromatic heterocycles. The van der Waals surface area contributed by atoms with Crippen molar-refractivity contribution in [2.45, 2.75) is 0 Å². The van der Waals surface area contributed by atoms with Crippen LogP contribution in [0, 0.1) is 0 Å². The van der Waals surface area contributed by atoms with Crippen molar-refractivity contribution >= 4 is 45.3 Å². The average Bonchev–Trinajstić information content (AvgIpc) is 3.21. The second-order valence-electron chi connectivity index (χ2n) is 8.01. The molecule has 3 nitrogen and oxygen atoms in total. The maximum Gasteiger partial charge on any atom is 0.488 e. The number of hydrogen-bond donors (Lipinski definition) is 2. The summed E-state index contributed by atoms with van der Waals surface area (Å²) >= 11 is 0. The van der Waals surface area contributed by atoms with E-state index < -0.39 is 7.12 Å². The summed E-state index contributed by atoms with van der Waals surface area (Å²) in [4.78, 5) is 0. The van der Waals surface area contributed by atoms with Crippen LogP contribution in [0.1, 0.15) is 0 Å². The van der Waals surface area contributed by atoms with E-state index in [1.54, 1.807) is 6.07 Å². The van der Waals surface area contributed by atoms with Crippen LogP contribution in [-0.4, -0.2) is 17.2 Å². The third kappa shape index (κ3) is 3.01. The molecule has 0 atom stereocenters. The molecule has 1 heterocycles. The lowest BCUT2D eigenvalue weighted by Crippen LogP contribution is -2.29. The van der Waals surface area contributed by atoms with Gasteiger partial charge in [-0.3, -0.25) is 0 Å². The molecule has 4 heteroatoms. The molecule has 0 fully saturated rings. The Morgan fingerprint density at radius 2 is 1.28 bits per heavy atom. The van der Waals surface area contributed by atoms with Crippen LogP contribution in [0.15, 0.2) is 108 Å².